The molecule has 1 aliphatic rings. The maximum Gasteiger partial charge on any atom is 0.311 e. The summed E-state index contributed by atoms with van der Waals surface area (Å²) in [7, 11) is 2.98. The van der Waals surface area contributed by atoms with Crippen molar-refractivity contribution in [2.75, 3.05) is 14.2 Å². The zero-order valence-corrected chi connectivity index (χ0v) is 11.1. The summed E-state index contributed by atoms with van der Waals surface area (Å²) < 4.78 is 15.9. The van der Waals surface area contributed by atoms with Crippen LogP contribution in [0.5, 0.6) is 5.75 Å². The minimum atomic E-state index is -0.325. The number of carbonyl (C=O) groups excluding carboxylic acids is 1. The van der Waals surface area contributed by atoms with Crippen LogP contribution in [0.3, 0.4) is 0 Å². The van der Waals surface area contributed by atoms with Gasteiger partial charge < -0.3 is 14.2 Å². The average molecular weight is 262 g/mol. The predicted octanol–water partition coefficient (Wildman–Crippen LogP) is 2.20. The van der Waals surface area contributed by atoms with Gasteiger partial charge >= 0.3 is 5.97 Å². The van der Waals surface area contributed by atoms with Crippen molar-refractivity contribution >= 4 is 5.97 Å². The first-order valence-corrected chi connectivity index (χ1v) is 6.25. The monoisotopic (exact) mass is 262 g/mol. The Balaban J connectivity index is 2.06. The normalized spacial score (nSPS) is 25.9. The fourth-order valence-corrected chi connectivity index (χ4v) is 2.22. The smallest absolute Gasteiger partial charge is 0.311 e. The summed E-state index contributed by atoms with van der Waals surface area (Å²) in [5, 5.41) is 0. The zero-order chi connectivity index (χ0) is 13.7. The highest BCUT2D eigenvalue weighted by Gasteiger charge is 2.33. The molecule has 0 unspecified atom stereocenters. The molecular weight excluding hydrogens is 244 g/mol. The Labute approximate surface area is 113 Å². The van der Waals surface area contributed by atoms with Crippen LogP contribution < -0.4 is 4.74 Å². The minimum absolute atomic E-state index is 0.141. The van der Waals surface area contributed by atoms with Gasteiger partial charge in [-0.2, -0.15) is 0 Å². The molecule has 1 aliphatic carbocycles. The van der Waals surface area contributed by atoms with Gasteiger partial charge in [-0.15, -0.1) is 0 Å². The Kier molecular flexibility index (Phi) is 4.58. The maximum absolute atomic E-state index is 11.7. The topological polar surface area (TPSA) is 44.8 Å². The van der Waals surface area contributed by atoms with Crippen LogP contribution in [-0.2, 0) is 14.3 Å². The van der Waals surface area contributed by atoms with Crippen molar-refractivity contribution in [2.24, 2.45) is 5.92 Å². The number of hydrogen-bond donors (Lipinski definition) is 0. The summed E-state index contributed by atoms with van der Waals surface area (Å²) in [6.07, 6.45) is 3.96. The number of hydrogen-bond acceptors (Lipinski definition) is 4. The van der Waals surface area contributed by atoms with E-state index >= 15 is 0 Å². The molecule has 0 aliphatic heterocycles. The van der Waals surface area contributed by atoms with Gasteiger partial charge in [0.05, 0.1) is 19.1 Å². The Hall–Kier alpha value is -1.81. The summed E-state index contributed by atoms with van der Waals surface area (Å²) in [4.78, 5) is 11.7. The second kappa shape index (κ2) is 6.38. The van der Waals surface area contributed by atoms with E-state index in [1.807, 2.05) is 42.5 Å². The fourth-order valence-electron chi connectivity index (χ4n) is 2.22. The van der Waals surface area contributed by atoms with E-state index < -0.39 is 0 Å². The SMILES string of the molecule is COC(=O)[C@@H]1C[C@H](Oc2ccccc2)C=C[C@@H]1OC. The number of esters is 1. The Morgan fingerprint density at radius 1 is 1.16 bits per heavy atom. The van der Waals surface area contributed by atoms with Crippen LogP contribution in [0.1, 0.15) is 6.42 Å². The first-order valence-electron chi connectivity index (χ1n) is 6.25. The predicted molar refractivity (Wildman–Crippen MR) is 70.9 cm³/mol. The summed E-state index contributed by atoms with van der Waals surface area (Å²) >= 11 is 0. The Bertz CT molecular complexity index is 441. The molecule has 3 atom stereocenters. The van der Waals surface area contributed by atoms with E-state index in [1.54, 1.807) is 7.11 Å². The number of rotatable bonds is 4. The molecule has 1 aromatic rings. The molecule has 2 rings (SSSR count). The van der Waals surface area contributed by atoms with Crippen LogP contribution in [0.2, 0.25) is 0 Å². The van der Waals surface area contributed by atoms with Crippen molar-refractivity contribution < 1.29 is 19.0 Å². The van der Waals surface area contributed by atoms with Crippen LogP contribution in [0.25, 0.3) is 0 Å². The number of para-hydroxylation sites is 1. The van der Waals surface area contributed by atoms with E-state index in [0.717, 1.165) is 5.75 Å². The number of ether oxygens (including phenoxy) is 3. The van der Waals surface area contributed by atoms with E-state index in [9.17, 15) is 4.79 Å². The lowest BCUT2D eigenvalue weighted by atomic mass is 9.90. The van der Waals surface area contributed by atoms with Crippen molar-refractivity contribution in [1.29, 1.82) is 0 Å². The van der Waals surface area contributed by atoms with Gasteiger partial charge in [0.1, 0.15) is 11.9 Å². The molecule has 0 fully saturated rings. The fraction of sp³-hybridized carbons (Fsp3) is 0.400. The van der Waals surface area contributed by atoms with Crippen LogP contribution in [-0.4, -0.2) is 32.4 Å². The summed E-state index contributed by atoms with van der Waals surface area (Å²) in [5.41, 5.74) is 0. The first-order chi connectivity index (χ1) is 9.24. The van der Waals surface area contributed by atoms with Gasteiger partial charge in [-0.1, -0.05) is 24.3 Å². The average Bonchev–Trinajstić information content (AvgIpc) is 2.47. The van der Waals surface area contributed by atoms with Crippen LogP contribution in [0, 0.1) is 5.92 Å². The molecule has 4 heteroatoms. The Morgan fingerprint density at radius 3 is 2.53 bits per heavy atom. The number of carbonyl (C=O) groups is 1. The van der Waals surface area contributed by atoms with Crippen molar-refractivity contribution in [2.45, 2.75) is 18.6 Å². The van der Waals surface area contributed by atoms with Crippen molar-refractivity contribution in [3.05, 3.63) is 42.5 Å². The standard InChI is InChI=1S/C15H18O4/c1-17-14-9-8-12(10-13(14)15(16)18-2)19-11-6-4-3-5-7-11/h3-9,12-14H,10H2,1-2H3/t12-,13-,14+/m1/s1. The zero-order valence-electron chi connectivity index (χ0n) is 11.1. The van der Waals surface area contributed by atoms with Gasteiger partial charge in [0, 0.05) is 13.5 Å². The largest absolute Gasteiger partial charge is 0.486 e. The number of benzene rings is 1. The second-order valence-corrected chi connectivity index (χ2v) is 4.42. The third-order valence-corrected chi connectivity index (χ3v) is 3.21. The van der Waals surface area contributed by atoms with E-state index in [-0.39, 0.29) is 24.1 Å². The molecule has 0 spiro atoms. The molecule has 0 radical (unpaired) electrons. The lowest BCUT2D eigenvalue weighted by molar-refractivity contribution is -0.150. The summed E-state index contributed by atoms with van der Waals surface area (Å²) in [6.45, 7) is 0. The molecule has 0 heterocycles. The molecule has 102 valence electrons. The molecule has 0 N–H and O–H groups in total. The maximum atomic E-state index is 11.7. The lowest BCUT2D eigenvalue weighted by Crippen LogP contribution is -2.37. The summed E-state index contributed by atoms with van der Waals surface area (Å²) in [6, 6.07) is 9.55. The quantitative estimate of drug-likeness (QED) is 0.616. The van der Waals surface area contributed by atoms with Crippen molar-refractivity contribution in [3.63, 3.8) is 0 Å². The van der Waals surface area contributed by atoms with Crippen molar-refractivity contribution in [1.82, 2.24) is 0 Å². The van der Waals surface area contributed by atoms with Gasteiger partial charge in [0.25, 0.3) is 0 Å². The molecule has 0 saturated heterocycles. The molecular formula is C15H18O4. The van der Waals surface area contributed by atoms with E-state index in [4.69, 9.17) is 14.2 Å². The molecule has 0 saturated carbocycles. The van der Waals surface area contributed by atoms with Gasteiger partial charge in [-0.05, 0) is 18.2 Å². The van der Waals surface area contributed by atoms with Gasteiger partial charge in [-0.3, -0.25) is 4.79 Å². The van der Waals surface area contributed by atoms with Gasteiger partial charge in [-0.25, -0.2) is 0 Å². The van der Waals surface area contributed by atoms with Crippen LogP contribution in [0.4, 0.5) is 0 Å². The Morgan fingerprint density at radius 2 is 1.89 bits per heavy atom. The van der Waals surface area contributed by atoms with Gasteiger partial charge in [0.15, 0.2) is 0 Å². The van der Waals surface area contributed by atoms with E-state index in [1.165, 1.54) is 7.11 Å². The summed E-state index contributed by atoms with van der Waals surface area (Å²) in [5.74, 6) is 0.197. The second-order valence-electron chi connectivity index (χ2n) is 4.42. The highest BCUT2D eigenvalue weighted by Crippen LogP contribution is 2.26. The molecule has 0 aromatic heterocycles. The van der Waals surface area contributed by atoms with Crippen LogP contribution >= 0.6 is 0 Å². The molecule has 4 nitrogen and oxygen atoms in total. The first kappa shape index (κ1) is 13.6. The van der Waals surface area contributed by atoms with Gasteiger partial charge in [0.2, 0.25) is 0 Å². The molecule has 0 bridgehead atoms. The minimum Gasteiger partial charge on any atom is -0.486 e. The molecule has 19 heavy (non-hydrogen) atoms. The van der Waals surface area contributed by atoms with Crippen LogP contribution in [0.15, 0.2) is 42.5 Å². The molecule has 0 amide bonds. The number of methoxy groups -OCH3 is 2. The van der Waals surface area contributed by atoms with Crippen molar-refractivity contribution in [3.8, 4) is 5.75 Å². The van der Waals surface area contributed by atoms with E-state index in [0.29, 0.717) is 6.42 Å². The van der Waals surface area contributed by atoms with E-state index in [2.05, 4.69) is 0 Å². The highest BCUT2D eigenvalue weighted by atomic mass is 16.5. The molecule has 1 aromatic carbocycles. The lowest BCUT2D eigenvalue weighted by Gasteiger charge is -2.29. The highest BCUT2D eigenvalue weighted by molar-refractivity contribution is 5.73. The third-order valence-electron chi connectivity index (χ3n) is 3.21. The third kappa shape index (κ3) is 3.35.